The molecule has 0 saturated heterocycles. The smallest absolute Gasteiger partial charge is 0.331 e. The van der Waals surface area contributed by atoms with E-state index in [0.29, 0.717) is 12.3 Å². The lowest BCUT2D eigenvalue weighted by Crippen LogP contribution is -2.16. The monoisotopic (exact) mass is 263 g/mol. The van der Waals surface area contributed by atoms with Crippen molar-refractivity contribution in [3.05, 3.63) is 35.4 Å². The van der Waals surface area contributed by atoms with Crippen molar-refractivity contribution in [3.63, 3.8) is 0 Å². The molecule has 5 heteroatoms. The van der Waals surface area contributed by atoms with E-state index in [1.165, 1.54) is 13.8 Å². The second-order valence-electron chi connectivity index (χ2n) is 3.97. The minimum Gasteiger partial charge on any atom is -0.494 e. The predicted octanol–water partition coefficient (Wildman–Crippen LogP) is 2.44. The number of ether oxygens (including phenoxy) is 1. The number of benzene rings is 1. The van der Waals surface area contributed by atoms with Crippen molar-refractivity contribution in [2.45, 2.75) is 20.8 Å². The molecule has 1 rings (SSSR count). The molecular weight excluding hydrogens is 246 g/mol. The van der Waals surface area contributed by atoms with Gasteiger partial charge in [0.25, 0.3) is 5.91 Å². The maximum absolute atomic E-state index is 11.8. The predicted molar refractivity (Wildman–Crippen MR) is 72.3 cm³/mol. The molecule has 19 heavy (non-hydrogen) atoms. The van der Waals surface area contributed by atoms with Gasteiger partial charge in [-0.05, 0) is 45.0 Å². The number of carbonyl (C=O) groups excluding carboxylic acids is 1. The fourth-order valence-electron chi connectivity index (χ4n) is 1.36. The van der Waals surface area contributed by atoms with Crippen LogP contribution >= 0.6 is 0 Å². The molecule has 0 aliphatic heterocycles. The molecule has 1 aromatic carbocycles. The van der Waals surface area contributed by atoms with E-state index in [-0.39, 0.29) is 11.1 Å². The Balaban J connectivity index is 2.77. The van der Waals surface area contributed by atoms with E-state index in [1.54, 1.807) is 24.3 Å². The fraction of sp³-hybridized carbons (Fsp3) is 0.286. The molecule has 0 saturated carbocycles. The van der Waals surface area contributed by atoms with Gasteiger partial charge in [0.1, 0.15) is 5.75 Å². The summed E-state index contributed by atoms with van der Waals surface area (Å²) >= 11 is 0. The third kappa shape index (κ3) is 4.13. The molecule has 0 heterocycles. The number of hydrogen-bond donors (Lipinski definition) is 2. The first-order valence-corrected chi connectivity index (χ1v) is 5.90. The van der Waals surface area contributed by atoms with Crippen molar-refractivity contribution in [1.29, 1.82) is 0 Å². The minimum atomic E-state index is -1.10. The van der Waals surface area contributed by atoms with Crippen LogP contribution < -0.4 is 10.1 Å². The standard InChI is InChI=1S/C14H17NO4/c1-4-19-12-7-5-11(6-8-12)15-13(16)9(2)10(3)14(17)18/h5-8H,4H2,1-3H3,(H,15,16)(H,17,18). The number of carboxylic acid groups (broad SMARTS) is 1. The van der Waals surface area contributed by atoms with E-state index in [9.17, 15) is 9.59 Å². The highest BCUT2D eigenvalue weighted by Crippen LogP contribution is 2.16. The molecule has 0 spiro atoms. The van der Waals surface area contributed by atoms with Gasteiger partial charge in [-0.15, -0.1) is 0 Å². The second-order valence-corrected chi connectivity index (χ2v) is 3.97. The van der Waals surface area contributed by atoms with Crippen LogP contribution in [0.15, 0.2) is 35.4 Å². The normalized spacial score (nSPS) is 11.5. The zero-order valence-corrected chi connectivity index (χ0v) is 11.2. The summed E-state index contributed by atoms with van der Waals surface area (Å²) in [5.74, 6) is -0.808. The van der Waals surface area contributed by atoms with Crippen molar-refractivity contribution in [1.82, 2.24) is 0 Å². The Morgan fingerprint density at radius 1 is 1.16 bits per heavy atom. The average Bonchev–Trinajstić information content (AvgIpc) is 2.39. The first-order chi connectivity index (χ1) is 8.95. The van der Waals surface area contributed by atoms with Gasteiger partial charge in [0, 0.05) is 16.8 Å². The van der Waals surface area contributed by atoms with E-state index in [4.69, 9.17) is 9.84 Å². The summed E-state index contributed by atoms with van der Waals surface area (Å²) in [6.07, 6.45) is 0. The molecule has 1 aromatic rings. The van der Waals surface area contributed by atoms with Crippen LogP contribution in [0.3, 0.4) is 0 Å². The van der Waals surface area contributed by atoms with E-state index in [0.717, 1.165) is 5.75 Å². The first-order valence-electron chi connectivity index (χ1n) is 5.90. The fourth-order valence-corrected chi connectivity index (χ4v) is 1.36. The molecule has 5 nitrogen and oxygen atoms in total. The summed E-state index contributed by atoms with van der Waals surface area (Å²) in [5.41, 5.74) is 0.802. The molecule has 0 unspecified atom stereocenters. The highest BCUT2D eigenvalue weighted by atomic mass is 16.5. The molecule has 0 aliphatic carbocycles. The first kappa shape index (κ1) is 14.8. The van der Waals surface area contributed by atoms with Crippen LogP contribution in [-0.2, 0) is 9.59 Å². The van der Waals surface area contributed by atoms with Crippen molar-refractivity contribution >= 4 is 17.6 Å². The number of nitrogens with one attached hydrogen (secondary N) is 1. The SMILES string of the molecule is CCOc1ccc(NC(=O)C(C)=C(C)C(=O)O)cc1. The third-order valence-electron chi connectivity index (χ3n) is 2.65. The maximum atomic E-state index is 11.8. The molecule has 0 bridgehead atoms. The molecule has 0 atom stereocenters. The van der Waals surface area contributed by atoms with Crippen LogP contribution in [0.5, 0.6) is 5.75 Å². The van der Waals surface area contributed by atoms with E-state index in [2.05, 4.69) is 5.32 Å². The Hall–Kier alpha value is -2.30. The zero-order chi connectivity index (χ0) is 14.4. The van der Waals surface area contributed by atoms with Crippen LogP contribution in [0, 0.1) is 0 Å². The van der Waals surface area contributed by atoms with Crippen molar-refractivity contribution in [2.75, 3.05) is 11.9 Å². The van der Waals surface area contributed by atoms with Gasteiger partial charge in [0.05, 0.1) is 6.61 Å². The molecule has 0 radical (unpaired) electrons. The molecule has 102 valence electrons. The maximum Gasteiger partial charge on any atom is 0.331 e. The second kappa shape index (κ2) is 6.58. The lowest BCUT2D eigenvalue weighted by Gasteiger charge is -2.08. The van der Waals surface area contributed by atoms with Gasteiger partial charge in [-0.25, -0.2) is 4.79 Å². The third-order valence-corrected chi connectivity index (χ3v) is 2.65. The van der Waals surface area contributed by atoms with Crippen LogP contribution in [0.25, 0.3) is 0 Å². The van der Waals surface area contributed by atoms with Crippen LogP contribution in [0.1, 0.15) is 20.8 Å². The van der Waals surface area contributed by atoms with Crippen LogP contribution in [-0.4, -0.2) is 23.6 Å². The molecule has 1 amide bonds. The Morgan fingerprint density at radius 3 is 2.21 bits per heavy atom. The van der Waals surface area contributed by atoms with Crippen LogP contribution in [0.2, 0.25) is 0 Å². The summed E-state index contributed by atoms with van der Waals surface area (Å²) in [6, 6.07) is 6.88. The summed E-state index contributed by atoms with van der Waals surface area (Å²) in [5, 5.41) is 11.4. The Bertz CT molecular complexity index is 503. The molecule has 2 N–H and O–H groups in total. The molecule has 0 aliphatic rings. The summed E-state index contributed by atoms with van der Waals surface area (Å²) < 4.78 is 5.28. The number of anilines is 1. The minimum absolute atomic E-state index is 0.0310. The number of aliphatic carboxylic acids is 1. The lowest BCUT2D eigenvalue weighted by molar-refractivity contribution is -0.133. The van der Waals surface area contributed by atoms with Crippen LogP contribution in [0.4, 0.5) is 5.69 Å². The highest BCUT2D eigenvalue weighted by Gasteiger charge is 2.12. The van der Waals surface area contributed by atoms with E-state index >= 15 is 0 Å². The van der Waals surface area contributed by atoms with Gasteiger partial charge in [-0.3, -0.25) is 4.79 Å². The Labute approximate surface area is 111 Å². The van der Waals surface area contributed by atoms with Gasteiger partial charge in [-0.2, -0.15) is 0 Å². The highest BCUT2D eigenvalue weighted by molar-refractivity contribution is 6.08. The number of carboxylic acids is 1. The number of amides is 1. The molecular formula is C14H17NO4. The Kier molecular flexibility index (Phi) is 5.11. The van der Waals surface area contributed by atoms with Gasteiger partial charge >= 0.3 is 5.97 Å². The summed E-state index contributed by atoms with van der Waals surface area (Å²) in [4.78, 5) is 22.6. The van der Waals surface area contributed by atoms with Gasteiger partial charge in [0.2, 0.25) is 0 Å². The van der Waals surface area contributed by atoms with E-state index in [1.807, 2.05) is 6.92 Å². The van der Waals surface area contributed by atoms with Crippen molar-refractivity contribution in [2.24, 2.45) is 0 Å². The quantitative estimate of drug-likeness (QED) is 0.800. The van der Waals surface area contributed by atoms with Crippen molar-refractivity contribution < 1.29 is 19.4 Å². The van der Waals surface area contributed by atoms with Gasteiger partial charge in [0.15, 0.2) is 0 Å². The number of hydrogen-bond acceptors (Lipinski definition) is 3. The molecule has 0 aromatic heterocycles. The topological polar surface area (TPSA) is 75.6 Å². The number of carbonyl (C=O) groups is 2. The van der Waals surface area contributed by atoms with E-state index < -0.39 is 11.9 Å². The summed E-state index contributed by atoms with van der Waals surface area (Å²) in [6.45, 7) is 5.34. The number of rotatable bonds is 5. The summed E-state index contributed by atoms with van der Waals surface area (Å²) in [7, 11) is 0. The van der Waals surface area contributed by atoms with Crippen molar-refractivity contribution in [3.8, 4) is 5.75 Å². The lowest BCUT2D eigenvalue weighted by atomic mass is 10.1. The Morgan fingerprint density at radius 2 is 1.74 bits per heavy atom. The molecule has 0 fully saturated rings. The van der Waals surface area contributed by atoms with Gasteiger partial charge < -0.3 is 15.2 Å². The van der Waals surface area contributed by atoms with Gasteiger partial charge in [-0.1, -0.05) is 0 Å². The average molecular weight is 263 g/mol. The zero-order valence-electron chi connectivity index (χ0n) is 11.2. The largest absolute Gasteiger partial charge is 0.494 e.